The average Bonchev–Trinajstić information content (AvgIpc) is 2.82. The first kappa shape index (κ1) is 7.18. The summed E-state index contributed by atoms with van der Waals surface area (Å²) >= 11 is 0. The molecule has 1 saturated carbocycles. The van der Waals surface area contributed by atoms with E-state index in [1.807, 2.05) is 0 Å². The molecule has 2 aliphatic rings. The first-order valence-electron chi connectivity index (χ1n) is 4.22. The maximum absolute atomic E-state index is 13.2. The van der Waals surface area contributed by atoms with E-state index in [1.54, 1.807) is 0 Å². The van der Waals surface area contributed by atoms with E-state index in [-0.39, 0.29) is 23.2 Å². The van der Waals surface area contributed by atoms with Crippen LogP contribution >= 0.6 is 0 Å². The zero-order valence-electron chi connectivity index (χ0n) is 6.68. The summed E-state index contributed by atoms with van der Waals surface area (Å²) in [7, 11) is 0. The number of carbonyl (C=O) groups is 1. The molecule has 0 radical (unpaired) electrons. The predicted octanol–water partition coefficient (Wildman–Crippen LogP) is 2.26. The molecule has 13 heavy (non-hydrogen) atoms. The van der Waals surface area contributed by atoms with E-state index >= 15 is 0 Å². The van der Waals surface area contributed by atoms with Crippen LogP contribution in [0.1, 0.15) is 28.3 Å². The van der Waals surface area contributed by atoms with Crippen LogP contribution in [0, 0.1) is 17.6 Å². The molecule has 2 unspecified atom stereocenters. The number of hydrogen-bond acceptors (Lipinski definition) is 1. The third kappa shape index (κ3) is 0.723. The van der Waals surface area contributed by atoms with E-state index in [2.05, 4.69) is 0 Å². The number of rotatable bonds is 0. The molecule has 1 fully saturated rings. The Kier molecular flexibility index (Phi) is 1.09. The van der Waals surface area contributed by atoms with Crippen LogP contribution in [0.4, 0.5) is 8.78 Å². The van der Waals surface area contributed by atoms with Crippen LogP contribution in [-0.4, -0.2) is 5.78 Å². The lowest BCUT2D eigenvalue weighted by Gasteiger charge is -2.03. The smallest absolute Gasteiger partial charge is 0.169 e. The van der Waals surface area contributed by atoms with Gasteiger partial charge in [-0.05, 0) is 24.5 Å². The standard InChI is InChI=1S/C10H6F2O/c11-6-1-2-7(12)9-8(6)4-3-5(4)10(9)13/h1-2,4-5H,3H2. The topological polar surface area (TPSA) is 17.1 Å². The molecule has 0 amide bonds. The van der Waals surface area contributed by atoms with Crippen LogP contribution in [0.3, 0.4) is 0 Å². The van der Waals surface area contributed by atoms with Gasteiger partial charge in [-0.3, -0.25) is 4.79 Å². The molecule has 66 valence electrons. The van der Waals surface area contributed by atoms with Crippen LogP contribution < -0.4 is 0 Å². The van der Waals surface area contributed by atoms with Gasteiger partial charge in [0, 0.05) is 11.5 Å². The van der Waals surface area contributed by atoms with Crippen LogP contribution in [0.25, 0.3) is 0 Å². The summed E-state index contributed by atoms with van der Waals surface area (Å²) in [5.74, 6) is -1.38. The van der Waals surface area contributed by atoms with Crippen molar-refractivity contribution in [3.05, 3.63) is 34.9 Å². The minimum Gasteiger partial charge on any atom is -0.294 e. The summed E-state index contributed by atoms with van der Waals surface area (Å²) in [6.07, 6.45) is 0.701. The second kappa shape index (κ2) is 1.97. The molecule has 0 aromatic heterocycles. The molecule has 3 rings (SSSR count). The van der Waals surface area contributed by atoms with Crippen molar-refractivity contribution in [3.8, 4) is 0 Å². The van der Waals surface area contributed by atoms with Gasteiger partial charge in [0.15, 0.2) is 5.78 Å². The molecule has 1 nitrogen and oxygen atoms in total. The molecule has 0 spiro atoms. The highest BCUT2D eigenvalue weighted by Gasteiger charge is 2.54. The van der Waals surface area contributed by atoms with Crippen LogP contribution in [0.15, 0.2) is 12.1 Å². The van der Waals surface area contributed by atoms with E-state index in [0.717, 1.165) is 12.1 Å². The van der Waals surface area contributed by atoms with Crippen molar-refractivity contribution in [2.45, 2.75) is 12.3 Å². The van der Waals surface area contributed by atoms with Crippen molar-refractivity contribution in [1.82, 2.24) is 0 Å². The Balaban J connectivity index is 2.35. The molecule has 1 aromatic rings. The Morgan fingerprint density at radius 1 is 1.15 bits per heavy atom. The first-order valence-corrected chi connectivity index (χ1v) is 4.22. The zero-order chi connectivity index (χ0) is 9.16. The number of halogens is 2. The molecule has 2 atom stereocenters. The summed E-state index contributed by atoms with van der Waals surface area (Å²) in [4.78, 5) is 11.4. The van der Waals surface area contributed by atoms with Gasteiger partial charge in [-0.15, -0.1) is 0 Å². The maximum atomic E-state index is 13.2. The Morgan fingerprint density at radius 3 is 2.54 bits per heavy atom. The van der Waals surface area contributed by atoms with Gasteiger partial charge in [0.05, 0.1) is 5.56 Å². The third-order valence-electron chi connectivity index (χ3n) is 2.89. The van der Waals surface area contributed by atoms with Gasteiger partial charge in [-0.2, -0.15) is 0 Å². The fourth-order valence-electron chi connectivity index (χ4n) is 2.17. The molecule has 0 heterocycles. The minimum atomic E-state index is -0.575. The molecule has 0 aliphatic heterocycles. The number of benzene rings is 1. The van der Waals surface area contributed by atoms with Gasteiger partial charge >= 0.3 is 0 Å². The molecule has 3 heteroatoms. The Labute approximate surface area is 73.4 Å². The molecular formula is C10H6F2O. The van der Waals surface area contributed by atoms with Gasteiger partial charge in [-0.1, -0.05) is 0 Å². The lowest BCUT2D eigenvalue weighted by Crippen LogP contribution is -2.03. The number of Topliss-reactive ketones (excluding diaryl/α,β-unsaturated/α-hetero) is 1. The SMILES string of the molecule is O=C1c2c(F)ccc(F)c2C2CC12. The fourth-order valence-corrected chi connectivity index (χ4v) is 2.17. The molecule has 0 N–H and O–H groups in total. The average molecular weight is 180 g/mol. The summed E-state index contributed by atoms with van der Waals surface area (Å²) < 4.78 is 26.3. The fraction of sp³-hybridized carbons (Fsp3) is 0.300. The normalized spacial score (nSPS) is 28.6. The quantitative estimate of drug-likeness (QED) is 0.598. The van der Waals surface area contributed by atoms with Crippen LogP contribution in [0.2, 0.25) is 0 Å². The van der Waals surface area contributed by atoms with Crippen molar-refractivity contribution >= 4 is 5.78 Å². The monoisotopic (exact) mass is 180 g/mol. The Morgan fingerprint density at radius 2 is 1.85 bits per heavy atom. The van der Waals surface area contributed by atoms with E-state index in [1.165, 1.54) is 0 Å². The second-order valence-corrected chi connectivity index (χ2v) is 3.63. The van der Waals surface area contributed by atoms with Crippen molar-refractivity contribution in [3.63, 3.8) is 0 Å². The van der Waals surface area contributed by atoms with E-state index in [4.69, 9.17) is 0 Å². The zero-order valence-corrected chi connectivity index (χ0v) is 6.68. The van der Waals surface area contributed by atoms with Crippen LogP contribution in [0.5, 0.6) is 0 Å². The lowest BCUT2D eigenvalue weighted by atomic mass is 10.0. The molecule has 0 saturated heterocycles. The van der Waals surface area contributed by atoms with Crippen molar-refractivity contribution < 1.29 is 13.6 Å². The van der Waals surface area contributed by atoms with Gasteiger partial charge in [-0.25, -0.2) is 8.78 Å². The highest BCUT2D eigenvalue weighted by Crippen LogP contribution is 2.57. The van der Waals surface area contributed by atoms with Gasteiger partial charge in [0.25, 0.3) is 0 Å². The Hall–Kier alpha value is -1.25. The lowest BCUT2D eigenvalue weighted by molar-refractivity contribution is 0.0970. The maximum Gasteiger partial charge on any atom is 0.169 e. The number of carbonyl (C=O) groups excluding carboxylic acids is 1. The van der Waals surface area contributed by atoms with Crippen LogP contribution in [-0.2, 0) is 0 Å². The second-order valence-electron chi connectivity index (χ2n) is 3.63. The van der Waals surface area contributed by atoms with E-state index < -0.39 is 11.6 Å². The van der Waals surface area contributed by atoms with Crippen molar-refractivity contribution in [2.75, 3.05) is 0 Å². The van der Waals surface area contributed by atoms with E-state index in [9.17, 15) is 13.6 Å². The van der Waals surface area contributed by atoms with Gasteiger partial charge in [0.1, 0.15) is 11.6 Å². The highest BCUT2D eigenvalue weighted by molar-refractivity contribution is 6.06. The Bertz CT molecular complexity index is 425. The molecule has 2 aliphatic carbocycles. The minimum absolute atomic E-state index is 0.00116. The first-order chi connectivity index (χ1) is 6.20. The molecule has 1 aromatic carbocycles. The summed E-state index contributed by atoms with van der Waals surface area (Å²) in [6.45, 7) is 0. The predicted molar refractivity (Wildman–Crippen MR) is 41.5 cm³/mol. The van der Waals surface area contributed by atoms with Crippen molar-refractivity contribution in [2.24, 2.45) is 5.92 Å². The highest BCUT2D eigenvalue weighted by atomic mass is 19.1. The summed E-state index contributed by atoms with van der Waals surface area (Å²) in [5, 5.41) is 0. The largest absolute Gasteiger partial charge is 0.294 e. The summed E-state index contributed by atoms with van der Waals surface area (Å²) in [6, 6.07) is 2.12. The number of ketones is 1. The molecule has 0 bridgehead atoms. The number of hydrogen-bond donors (Lipinski definition) is 0. The number of fused-ring (bicyclic) bond motifs is 3. The third-order valence-corrected chi connectivity index (χ3v) is 2.89. The summed E-state index contributed by atoms with van der Waals surface area (Å²) in [5.41, 5.74) is 0.316. The molecular weight excluding hydrogens is 174 g/mol. The van der Waals surface area contributed by atoms with Gasteiger partial charge < -0.3 is 0 Å². The van der Waals surface area contributed by atoms with Crippen molar-refractivity contribution in [1.29, 1.82) is 0 Å². The van der Waals surface area contributed by atoms with Gasteiger partial charge in [0.2, 0.25) is 0 Å². The van der Waals surface area contributed by atoms with E-state index in [0.29, 0.717) is 12.0 Å².